The molecule has 0 aromatic carbocycles. The summed E-state index contributed by atoms with van der Waals surface area (Å²) in [6, 6.07) is 0. The van der Waals surface area contributed by atoms with E-state index in [1.807, 2.05) is 0 Å². The summed E-state index contributed by atoms with van der Waals surface area (Å²) < 4.78 is -1.71. The monoisotopic (exact) mass is 234 g/mol. The van der Waals surface area contributed by atoms with Crippen LogP contribution in [0.25, 0.3) is 0 Å². The van der Waals surface area contributed by atoms with Crippen molar-refractivity contribution in [1.82, 2.24) is 0 Å². The molecule has 0 aliphatic rings. The Morgan fingerprint density at radius 2 is 0.765 bits per heavy atom. The third-order valence-corrected chi connectivity index (χ3v) is 2.02. The maximum atomic E-state index is 11.7. The molecule has 0 bridgehead atoms. The minimum atomic E-state index is -1.71. The average Bonchev–Trinajstić information content (AvgIpc) is 2.37. The zero-order valence-corrected chi connectivity index (χ0v) is 9.22. The molecular formula is C12H12NO4+. The van der Waals surface area contributed by atoms with Crippen molar-refractivity contribution in [2.24, 2.45) is 0 Å². The van der Waals surface area contributed by atoms with E-state index in [0.717, 1.165) is 0 Å². The summed E-state index contributed by atoms with van der Waals surface area (Å²) in [7, 11) is 0. The lowest BCUT2D eigenvalue weighted by molar-refractivity contribution is -0.615. The van der Waals surface area contributed by atoms with Gasteiger partial charge in [-0.05, 0) is 0 Å². The number of hydrogen-bond acceptors (Lipinski definition) is 4. The first-order valence-electron chi connectivity index (χ1n) is 4.50. The second-order valence-electron chi connectivity index (χ2n) is 2.84. The summed E-state index contributed by atoms with van der Waals surface area (Å²) in [6.45, 7) is 12.6. The standard InChI is InChI=1S/C12H12NO4/c1-5-9(14)13(10(15)6-2,11(16)7-3)12(17)8-4/h5-8H,1-4H2/q+1. The average molecular weight is 234 g/mol. The molecular weight excluding hydrogens is 222 g/mol. The van der Waals surface area contributed by atoms with E-state index >= 15 is 0 Å². The summed E-state index contributed by atoms with van der Waals surface area (Å²) in [5.41, 5.74) is 0. The van der Waals surface area contributed by atoms with Gasteiger partial charge < -0.3 is 0 Å². The van der Waals surface area contributed by atoms with E-state index in [-0.39, 0.29) is 0 Å². The maximum Gasteiger partial charge on any atom is 0.361 e. The lowest BCUT2D eigenvalue weighted by Gasteiger charge is -2.22. The molecule has 0 aromatic heterocycles. The van der Waals surface area contributed by atoms with Gasteiger partial charge in [0.05, 0.1) is 0 Å². The van der Waals surface area contributed by atoms with E-state index in [9.17, 15) is 19.2 Å². The van der Waals surface area contributed by atoms with Gasteiger partial charge in [-0.1, -0.05) is 30.8 Å². The van der Waals surface area contributed by atoms with E-state index in [0.29, 0.717) is 24.3 Å². The van der Waals surface area contributed by atoms with Crippen molar-refractivity contribution in [3.8, 4) is 0 Å². The molecule has 0 unspecified atom stereocenters. The molecule has 0 saturated heterocycles. The van der Waals surface area contributed by atoms with Crippen LogP contribution in [0.5, 0.6) is 0 Å². The van der Waals surface area contributed by atoms with E-state index in [4.69, 9.17) is 0 Å². The molecule has 0 aliphatic heterocycles. The number of carbonyl (C=O) groups is 4. The molecule has 5 heteroatoms. The van der Waals surface area contributed by atoms with E-state index in [1.165, 1.54) is 0 Å². The molecule has 0 rings (SSSR count). The molecule has 0 spiro atoms. The smallest absolute Gasteiger partial charge is 0.225 e. The number of rotatable bonds is 4. The third-order valence-electron chi connectivity index (χ3n) is 2.02. The maximum absolute atomic E-state index is 11.7. The largest absolute Gasteiger partial charge is 0.361 e. The Balaban J connectivity index is 6.25. The summed E-state index contributed by atoms with van der Waals surface area (Å²) in [4.78, 5) is 46.7. The molecule has 0 saturated carbocycles. The van der Waals surface area contributed by atoms with Crippen molar-refractivity contribution in [1.29, 1.82) is 0 Å². The van der Waals surface area contributed by atoms with Crippen molar-refractivity contribution < 1.29 is 23.7 Å². The first-order valence-corrected chi connectivity index (χ1v) is 4.50. The first kappa shape index (κ1) is 14.6. The Bertz CT molecular complexity index is 360. The van der Waals surface area contributed by atoms with Crippen molar-refractivity contribution in [3.05, 3.63) is 50.6 Å². The van der Waals surface area contributed by atoms with Gasteiger partial charge in [0.25, 0.3) is 0 Å². The van der Waals surface area contributed by atoms with Crippen LogP contribution in [-0.2, 0) is 19.2 Å². The summed E-state index contributed by atoms with van der Waals surface area (Å²) in [6.07, 6.45) is 2.85. The Labute approximate surface area is 98.6 Å². The van der Waals surface area contributed by atoms with Gasteiger partial charge in [0.2, 0.25) is 0 Å². The molecule has 88 valence electrons. The van der Waals surface area contributed by atoms with Crippen molar-refractivity contribution in [2.75, 3.05) is 0 Å². The number of imide groups is 6. The van der Waals surface area contributed by atoms with E-state index < -0.39 is 28.1 Å². The highest BCUT2D eigenvalue weighted by Gasteiger charge is 2.53. The number of amides is 4. The fourth-order valence-electron chi connectivity index (χ4n) is 1.20. The second-order valence-corrected chi connectivity index (χ2v) is 2.84. The molecule has 17 heavy (non-hydrogen) atoms. The fourth-order valence-corrected chi connectivity index (χ4v) is 1.20. The minimum absolute atomic E-state index is 0.712. The van der Waals surface area contributed by atoms with Crippen LogP contribution in [0, 0.1) is 0 Å². The molecule has 4 amide bonds. The number of carbonyl (C=O) groups excluding carboxylic acids is 4. The number of nitrogens with zero attached hydrogens (tertiary/aromatic N) is 1. The number of hydrogen-bond donors (Lipinski definition) is 0. The predicted octanol–water partition coefficient (Wildman–Crippen LogP) is 0.654. The van der Waals surface area contributed by atoms with Crippen LogP contribution in [0.2, 0.25) is 0 Å². The zero-order chi connectivity index (χ0) is 13.6. The van der Waals surface area contributed by atoms with Crippen LogP contribution in [-0.4, -0.2) is 28.1 Å². The number of quaternary nitrogens is 1. The normalized spacial score (nSPS) is 9.88. The van der Waals surface area contributed by atoms with Gasteiger partial charge in [-0.2, -0.15) is 0 Å². The molecule has 0 N–H and O–H groups in total. The van der Waals surface area contributed by atoms with Crippen LogP contribution < -0.4 is 0 Å². The van der Waals surface area contributed by atoms with Crippen molar-refractivity contribution >= 4 is 23.6 Å². The highest BCUT2D eigenvalue weighted by molar-refractivity contribution is 6.18. The Morgan fingerprint density at radius 1 is 0.588 bits per heavy atom. The predicted molar refractivity (Wildman–Crippen MR) is 61.1 cm³/mol. The van der Waals surface area contributed by atoms with E-state index in [2.05, 4.69) is 26.3 Å². The van der Waals surface area contributed by atoms with Gasteiger partial charge >= 0.3 is 23.6 Å². The van der Waals surface area contributed by atoms with Crippen molar-refractivity contribution in [3.63, 3.8) is 0 Å². The van der Waals surface area contributed by atoms with E-state index in [1.54, 1.807) is 0 Å². The van der Waals surface area contributed by atoms with Crippen LogP contribution >= 0.6 is 0 Å². The quantitative estimate of drug-likeness (QED) is 0.529. The summed E-state index contributed by atoms with van der Waals surface area (Å²) >= 11 is 0. The van der Waals surface area contributed by atoms with Gasteiger partial charge in [0, 0.05) is 24.3 Å². The van der Waals surface area contributed by atoms with Gasteiger partial charge in [-0.15, -0.1) is 0 Å². The fraction of sp³-hybridized carbons (Fsp3) is 0. The lowest BCUT2D eigenvalue weighted by atomic mass is 10.2. The zero-order valence-electron chi connectivity index (χ0n) is 9.22. The van der Waals surface area contributed by atoms with Crippen LogP contribution in [0.15, 0.2) is 50.6 Å². The Hall–Kier alpha value is -2.40. The van der Waals surface area contributed by atoms with Crippen LogP contribution in [0.4, 0.5) is 0 Å². The van der Waals surface area contributed by atoms with Gasteiger partial charge in [-0.3, -0.25) is 0 Å². The highest BCUT2D eigenvalue weighted by Crippen LogP contribution is 2.14. The molecule has 0 heterocycles. The third kappa shape index (κ3) is 2.09. The molecule has 5 nitrogen and oxygen atoms in total. The van der Waals surface area contributed by atoms with Gasteiger partial charge in [-0.25, -0.2) is 19.2 Å². The SMILES string of the molecule is C=CC(=O)[N+](C(=O)C=C)(C(=O)C=C)C(=O)C=C. The van der Waals surface area contributed by atoms with Crippen LogP contribution in [0.3, 0.4) is 0 Å². The van der Waals surface area contributed by atoms with Crippen molar-refractivity contribution in [2.45, 2.75) is 0 Å². The molecule has 0 aromatic rings. The molecule has 0 atom stereocenters. The lowest BCUT2D eigenvalue weighted by Crippen LogP contribution is -2.62. The Morgan fingerprint density at radius 3 is 0.882 bits per heavy atom. The molecule has 0 aliphatic carbocycles. The van der Waals surface area contributed by atoms with Crippen LogP contribution in [0.1, 0.15) is 0 Å². The molecule has 0 radical (unpaired) electrons. The van der Waals surface area contributed by atoms with Gasteiger partial charge in [0.1, 0.15) is 0 Å². The van der Waals surface area contributed by atoms with Gasteiger partial charge in [0.15, 0.2) is 0 Å². The Kier molecular flexibility index (Phi) is 4.83. The summed E-state index contributed by atoms with van der Waals surface area (Å²) in [5.74, 6) is -4.32. The summed E-state index contributed by atoms with van der Waals surface area (Å²) in [5, 5.41) is 0. The first-order chi connectivity index (χ1) is 7.93. The minimum Gasteiger partial charge on any atom is -0.225 e. The highest BCUT2D eigenvalue weighted by atomic mass is 16.2. The second kappa shape index (κ2) is 5.62. The topological polar surface area (TPSA) is 68.3 Å². The molecule has 0 fully saturated rings.